The van der Waals surface area contributed by atoms with E-state index in [0.29, 0.717) is 38.1 Å². The van der Waals surface area contributed by atoms with Crippen LogP contribution in [0.25, 0.3) is 0 Å². The van der Waals surface area contributed by atoms with Gasteiger partial charge in [-0.15, -0.1) is 0 Å². The summed E-state index contributed by atoms with van der Waals surface area (Å²) in [6.07, 6.45) is 1.45. The molecule has 0 unspecified atom stereocenters. The van der Waals surface area contributed by atoms with Gasteiger partial charge in [-0.3, -0.25) is 15.1 Å². The minimum absolute atomic E-state index is 0.0122. The standard InChI is InChI=1S/C15H26N2O3/c1-14(2,3)20-13(19)12(16)10-15(4,5)17-8-6-11(18)7-9-17/h16H,6-10H2,1-5H3. The normalized spacial score (nSPS) is 17.9. The highest BCUT2D eigenvalue weighted by atomic mass is 16.6. The number of carbonyl (C=O) groups is 2. The Morgan fingerprint density at radius 2 is 1.70 bits per heavy atom. The van der Waals surface area contributed by atoms with E-state index in [-0.39, 0.29) is 11.3 Å². The predicted octanol–water partition coefficient (Wildman–Crippen LogP) is 2.18. The molecule has 5 heteroatoms. The van der Waals surface area contributed by atoms with Gasteiger partial charge >= 0.3 is 5.97 Å². The molecule has 0 saturated carbocycles. The predicted molar refractivity (Wildman–Crippen MR) is 78.1 cm³/mol. The third-order valence-electron chi connectivity index (χ3n) is 3.43. The van der Waals surface area contributed by atoms with E-state index in [4.69, 9.17) is 10.1 Å². The molecule has 0 radical (unpaired) electrons. The molecule has 1 rings (SSSR count). The van der Waals surface area contributed by atoms with Gasteiger partial charge in [0.1, 0.15) is 17.1 Å². The molecule has 0 aromatic heterocycles. The van der Waals surface area contributed by atoms with Crippen molar-refractivity contribution < 1.29 is 14.3 Å². The average Bonchev–Trinajstić information content (AvgIpc) is 2.26. The quantitative estimate of drug-likeness (QED) is 0.634. The lowest BCUT2D eigenvalue weighted by atomic mass is 9.92. The fourth-order valence-electron chi connectivity index (χ4n) is 2.32. The van der Waals surface area contributed by atoms with Gasteiger partial charge in [0, 0.05) is 37.9 Å². The molecule has 0 spiro atoms. The molecule has 5 nitrogen and oxygen atoms in total. The molecule has 0 atom stereocenters. The molecule has 0 aromatic rings. The van der Waals surface area contributed by atoms with Crippen molar-refractivity contribution in [3.63, 3.8) is 0 Å². The Morgan fingerprint density at radius 3 is 2.15 bits per heavy atom. The summed E-state index contributed by atoms with van der Waals surface area (Å²) in [4.78, 5) is 25.3. The zero-order valence-electron chi connectivity index (χ0n) is 13.2. The summed E-state index contributed by atoms with van der Waals surface area (Å²) in [6.45, 7) is 10.8. The van der Waals surface area contributed by atoms with Gasteiger partial charge in [0.05, 0.1) is 0 Å². The van der Waals surface area contributed by atoms with Gasteiger partial charge in [-0.25, -0.2) is 4.79 Å². The van der Waals surface area contributed by atoms with Crippen LogP contribution in [0.4, 0.5) is 0 Å². The fourth-order valence-corrected chi connectivity index (χ4v) is 2.32. The van der Waals surface area contributed by atoms with Gasteiger partial charge in [-0.2, -0.15) is 0 Å². The number of piperidine rings is 1. The number of likely N-dealkylation sites (tertiary alicyclic amines) is 1. The van der Waals surface area contributed by atoms with Crippen LogP contribution in [0.3, 0.4) is 0 Å². The summed E-state index contributed by atoms with van der Waals surface area (Å²) >= 11 is 0. The number of nitrogens with one attached hydrogen (secondary N) is 1. The molecule has 1 N–H and O–H groups in total. The molecule has 1 saturated heterocycles. The van der Waals surface area contributed by atoms with Crippen molar-refractivity contribution in [2.24, 2.45) is 0 Å². The zero-order chi connectivity index (χ0) is 15.6. The Kier molecular flexibility index (Phi) is 5.08. The molecule has 0 bridgehead atoms. The summed E-state index contributed by atoms with van der Waals surface area (Å²) in [6, 6.07) is 0. The second kappa shape index (κ2) is 6.04. The molecule has 1 aliphatic heterocycles. The van der Waals surface area contributed by atoms with Crippen molar-refractivity contribution in [3.05, 3.63) is 0 Å². The van der Waals surface area contributed by atoms with Crippen molar-refractivity contribution in [2.75, 3.05) is 13.1 Å². The fraction of sp³-hybridized carbons (Fsp3) is 0.800. The van der Waals surface area contributed by atoms with Gasteiger partial charge in [0.25, 0.3) is 0 Å². The SMILES string of the molecule is CC(C)(C)OC(=O)C(=N)CC(C)(C)N1CCC(=O)CC1. The van der Waals surface area contributed by atoms with Gasteiger partial charge < -0.3 is 4.74 Å². The number of Topliss-reactive ketones (excluding diaryl/α,β-unsaturated/α-hetero) is 1. The van der Waals surface area contributed by atoms with Crippen LogP contribution in [0.15, 0.2) is 0 Å². The highest BCUT2D eigenvalue weighted by Gasteiger charge is 2.33. The van der Waals surface area contributed by atoms with Crippen molar-refractivity contribution in [1.82, 2.24) is 4.90 Å². The van der Waals surface area contributed by atoms with Crippen LogP contribution in [0.5, 0.6) is 0 Å². The maximum absolute atomic E-state index is 11.9. The maximum atomic E-state index is 11.9. The van der Waals surface area contributed by atoms with Crippen LogP contribution in [0, 0.1) is 5.41 Å². The number of carbonyl (C=O) groups excluding carboxylic acids is 2. The Bertz CT molecular complexity index is 398. The largest absolute Gasteiger partial charge is 0.456 e. The van der Waals surface area contributed by atoms with Crippen molar-refractivity contribution in [3.8, 4) is 0 Å². The first kappa shape index (κ1) is 16.8. The summed E-state index contributed by atoms with van der Waals surface area (Å²) in [5, 5.41) is 7.92. The van der Waals surface area contributed by atoms with E-state index in [9.17, 15) is 9.59 Å². The summed E-state index contributed by atoms with van der Waals surface area (Å²) < 4.78 is 5.21. The summed E-state index contributed by atoms with van der Waals surface area (Å²) in [7, 11) is 0. The molecule has 0 aromatic carbocycles. The molecular weight excluding hydrogens is 256 g/mol. The van der Waals surface area contributed by atoms with E-state index in [1.54, 1.807) is 20.8 Å². The Balaban J connectivity index is 2.59. The van der Waals surface area contributed by atoms with Crippen molar-refractivity contribution in [1.29, 1.82) is 5.41 Å². The Morgan fingerprint density at radius 1 is 1.20 bits per heavy atom. The third-order valence-corrected chi connectivity index (χ3v) is 3.43. The smallest absolute Gasteiger partial charge is 0.352 e. The van der Waals surface area contributed by atoms with E-state index >= 15 is 0 Å². The van der Waals surface area contributed by atoms with Crippen molar-refractivity contribution >= 4 is 17.5 Å². The van der Waals surface area contributed by atoms with Crippen LogP contribution < -0.4 is 0 Å². The number of hydrogen-bond acceptors (Lipinski definition) is 5. The maximum Gasteiger partial charge on any atom is 0.352 e. The summed E-state index contributed by atoms with van der Waals surface area (Å²) in [5.41, 5.74) is -0.901. The van der Waals surface area contributed by atoms with E-state index in [0.717, 1.165) is 0 Å². The number of rotatable bonds is 4. The topological polar surface area (TPSA) is 70.5 Å². The lowest BCUT2D eigenvalue weighted by Gasteiger charge is -2.40. The minimum Gasteiger partial charge on any atom is -0.456 e. The van der Waals surface area contributed by atoms with E-state index in [2.05, 4.69) is 4.90 Å². The lowest BCUT2D eigenvalue weighted by Crippen LogP contribution is -2.50. The first-order valence-corrected chi connectivity index (χ1v) is 7.09. The number of hydrogen-bond donors (Lipinski definition) is 1. The molecule has 20 heavy (non-hydrogen) atoms. The molecule has 1 heterocycles. The molecule has 1 aliphatic rings. The number of ether oxygens (including phenoxy) is 1. The highest BCUT2D eigenvalue weighted by molar-refractivity contribution is 6.35. The summed E-state index contributed by atoms with van der Waals surface area (Å²) in [5.74, 6) is -0.266. The first-order valence-electron chi connectivity index (χ1n) is 7.09. The van der Waals surface area contributed by atoms with E-state index in [1.165, 1.54) is 0 Å². The molecule has 114 valence electrons. The number of esters is 1. The highest BCUT2D eigenvalue weighted by Crippen LogP contribution is 2.23. The average molecular weight is 282 g/mol. The number of nitrogens with zero attached hydrogens (tertiary/aromatic N) is 1. The Hall–Kier alpha value is -1.23. The zero-order valence-corrected chi connectivity index (χ0v) is 13.2. The molecule has 0 amide bonds. The van der Waals surface area contributed by atoms with Crippen LogP contribution >= 0.6 is 0 Å². The Labute approximate surface area is 121 Å². The monoisotopic (exact) mass is 282 g/mol. The van der Waals surface area contributed by atoms with E-state index in [1.807, 2.05) is 13.8 Å². The second-order valence-corrected chi connectivity index (χ2v) is 7.00. The van der Waals surface area contributed by atoms with Crippen LogP contribution in [0.2, 0.25) is 0 Å². The lowest BCUT2D eigenvalue weighted by molar-refractivity contribution is -0.146. The van der Waals surface area contributed by atoms with Gasteiger partial charge in [-0.05, 0) is 34.6 Å². The third kappa shape index (κ3) is 5.04. The van der Waals surface area contributed by atoms with Gasteiger partial charge in [0.2, 0.25) is 0 Å². The molecular formula is C15H26N2O3. The van der Waals surface area contributed by atoms with Crippen LogP contribution in [-0.2, 0) is 14.3 Å². The van der Waals surface area contributed by atoms with Crippen molar-refractivity contribution in [2.45, 2.75) is 65.0 Å². The minimum atomic E-state index is -0.578. The van der Waals surface area contributed by atoms with Crippen LogP contribution in [-0.4, -0.2) is 46.6 Å². The van der Waals surface area contributed by atoms with E-state index < -0.39 is 11.6 Å². The van der Waals surface area contributed by atoms with Crippen LogP contribution in [0.1, 0.15) is 53.9 Å². The molecule has 0 aliphatic carbocycles. The van der Waals surface area contributed by atoms with Gasteiger partial charge in [0.15, 0.2) is 0 Å². The van der Waals surface area contributed by atoms with Gasteiger partial charge in [-0.1, -0.05) is 0 Å². The second-order valence-electron chi connectivity index (χ2n) is 7.00. The number of ketones is 1. The molecule has 1 fully saturated rings. The first-order chi connectivity index (χ1) is 9.01.